The zero-order valence-electron chi connectivity index (χ0n) is 17.9. The Morgan fingerprint density at radius 2 is 1.94 bits per heavy atom. The summed E-state index contributed by atoms with van der Waals surface area (Å²) in [5, 5.41) is 26.4. The third kappa shape index (κ3) is 5.68. The molecule has 2 heterocycles. The molecule has 34 heavy (non-hydrogen) atoms. The lowest BCUT2D eigenvalue weighted by Crippen LogP contribution is -2.41. The molecule has 0 saturated heterocycles. The largest absolute Gasteiger partial charge is 0.481 e. The summed E-state index contributed by atoms with van der Waals surface area (Å²) in [6, 6.07) is 4.86. The lowest BCUT2D eigenvalue weighted by molar-refractivity contribution is -0.140. The fourth-order valence-electron chi connectivity index (χ4n) is 3.67. The normalized spacial score (nSPS) is 17.5. The Morgan fingerprint density at radius 1 is 1.24 bits per heavy atom. The molecule has 13 heteroatoms. The van der Waals surface area contributed by atoms with Crippen LogP contribution in [-0.2, 0) is 14.4 Å². The van der Waals surface area contributed by atoms with Crippen molar-refractivity contribution in [3.63, 3.8) is 0 Å². The minimum Gasteiger partial charge on any atom is -0.481 e. The molecule has 0 bridgehead atoms. The number of amides is 1. The standard InChI is InChI=1S/C21H24N6O7/c22-21-26-17-16(19(32)27-21)13(9-28)11(8-24-17)7-23-12-3-1-10(2-4-12)18(31)25-14(20(33)34)5-6-15(29)30/h1-4,9,11,13-14,23H,5-8H2,(H,25,31)(H,29,30)(H,33,34)(H4,22,24,26,27,32)/t11?,13?,14-/m0/s1. The molecule has 3 rings (SSSR count). The first kappa shape index (κ1) is 24.2. The van der Waals surface area contributed by atoms with Gasteiger partial charge in [-0.3, -0.25) is 19.4 Å². The van der Waals surface area contributed by atoms with E-state index in [9.17, 15) is 29.1 Å². The number of nitrogens with two attached hydrogens (primary N) is 1. The van der Waals surface area contributed by atoms with Gasteiger partial charge in [0.05, 0.1) is 11.5 Å². The molecule has 0 spiro atoms. The molecule has 1 aliphatic heterocycles. The molecular formula is C21H24N6O7. The van der Waals surface area contributed by atoms with Crippen molar-refractivity contribution in [3.8, 4) is 0 Å². The van der Waals surface area contributed by atoms with Crippen molar-refractivity contribution in [2.45, 2.75) is 24.8 Å². The SMILES string of the molecule is Nc1nc2c(c(=O)[nH]1)C(C=O)C(CNc1ccc(C(=O)N[C@@H](CCC(=O)O)C(=O)O)cc1)CN2. The quantitative estimate of drug-likeness (QED) is 0.225. The van der Waals surface area contributed by atoms with Gasteiger partial charge >= 0.3 is 11.9 Å². The molecule has 2 aromatic rings. The highest BCUT2D eigenvalue weighted by Crippen LogP contribution is 2.30. The summed E-state index contributed by atoms with van der Waals surface area (Å²) in [6.07, 6.45) is 0.0743. The van der Waals surface area contributed by atoms with E-state index in [1.165, 1.54) is 12.1 Å². The number of nitrogen functional groups attached to an aromatic ring is 1. The summed E-state index contributed by atoms with van der Waals surface area (Å²) in [5.41, 5.74) is 6.13. The lowest BCUT2D eigenvalue weighted by Gasteiger charge is -2.30. The third-order valence-corrected chi connectivity index (χ3v) is 5.46. The maximum absolute atomic E-state index is 12.3. The molecule has 1 aromatic carbocycles. The maximum Gasteiger partial charge on any atom is 0.326 e. The van der Waals surface area contributed by atoms with Gasteiger partial charge in [0.1, 0.15) is 18.1 Å². The van der Waals surface area contributed by atoms with Crippen LogP contribution in [0.1, 0.15) is 34.7 Å². The molecule has 2 unspecified atom stereocenters. The Morgan fingerprint density at radius 3 is 2.56 bits per heavy atom. The first-order chi connectivity index (χ1) is 16.2. The topological polar surface area (TPSA) is 217 Å². The number of fused-ring (bicyclic) bond motifs is 1. The van der Waals surface area contributed by atoms with E-state index in [-0.39, 0.29) is 35.2 Å². The van der Waals surface area contributed by atoms with E-state index in [4.69, 9.17) is 10.8 Å². The Kier molecular flexibility index (Phi) is 7.46. The van der Waals surface area contributed by atoms with Crippen LogP contribution in [0.3, 0.4) is 0 Å². The molecular weight excluding hydrogens is 448 g/mol. The van der Waals surface area contributed by atoms with E-state index >= 15 is 0 Å². The van der Waals surface area contributed by atoms with Crippen LogP contribution in [0.4, 0.5) is 17.5 Å². The van der Waals surface area contributed by atoms with Gasteiger partial charge in [0.25, 0.3) is 11.5 Å². The zero-order chi connectivity index (χ0) is 24.8. The summed E-state index contributed by atoms with van der Waals surface area (Å²) in [5.74, 6) is -3.84. The van der Waals surface area contributed by atoms with E-state index in [1.807, 2.05) is 0 Å². The molecule has 0 aliphatic carbocycles. The molecule has 1 amide bonds. The summed E-state index contributed by atoms with van der Waals surface area (Å²) in [4.78, 5) is 64.7. The van der Waals surface area contributed by atoms with Gasteiger partial charge in [0.15, 0.2) is 0 Å². The number of nitrogens with zero attached hydrogens (tertiary/aromatic N) is 1. The van der Waals surface area contributed by atoms with Crippen LogP contribution in [0.5, 0.6) is 0 Å². The predicted octanol–water partition coefficient (Wildman–Crippen LogP) is -0.164. The molecule has 0 radical (unpaired) electrons. The molecule has 0 fully saturated rings. The second kappa shape index (κ2) is 10.5. The number of carboxylic acids is 2. The Hall–Kier alpha value is -4.42. The maximum atomic E-state index is 12.3. The number of hydrogen-bond acceptors (Lipinski definition) is 9. The summed E-state index contributed by atoms with van der Waals surface area (Å²) in [6.45, 7) is 0.716. The molecule has 1 aliphatic rings. The number of anilines is 3. The number of carboxylic acid groups (broad SMARTS) is 2. The van der Waals surface area contributed by atoms with Gasteiger partial charge in [-0.2, -0.15) is 4.98 Å². The van der Waals surface area contributed by atoms with Crippen molar-refractivity contribution in [3.05, 3.63) is 45.7 Å². The summed E-state index contributed by atoms with van der Waals surface area (Å²) in [7, 11) is 0. The molecule has 0 saturated carbocycles. The van der Waals surface area contributed by atoms with Crippen LogP contribution < -0.4 is 27.2 Å². The summed E-state index contributed by atoms with van der Waals surface area (Å²) >= 11 is 0. The molecule has 3 atom stereocenters. The van der Waals surface area contributed by atoms with Gasteiger partial charge in [-0.1, -0.05) is 0 Å². The summed E-state index contributed by atoms with van der Waals surface area (Å²) < 4.78 is 0. The van der Waals surface area contributed by atoms with E-state index in [2.05, 4.69) is 25.9 Å². The smallest absolute Gasteiger partial charge is 0.326 e. The van der Waals surface area contributed by atoms with Gasteiger partial charge in [0, 0.05) is 36.7 Å². The number of aliphatic carboxylic acids is 2. The van der Waals surface area contributed by atoms with Crippen LogP contribution in [0.15, 0.2) is 29.1 Å². The van der Waals surface area contributed by atoms with Crippen LogP contribution >= 0.6 is 0 Å². The highest BCUT2D eigenvalue weighted by molar-refractivity contribution is 5.96. The number of rotatable bonds is 10. The Balaban J connectivity index is 1.62. The first-order valence-corrected chi connectivity index (χ1v) is 10.4. The van der Waals surface area contributed by atoms with E-state index in [1.54, 1.807) is 12.1 Å². The molecule has 13 nitrogen and oxygen atoms in total. The van der Waals surface area contributed by atoms with Crippen molar-refractivity contribution in [2.24, 2.45) is 5.92 Å². The second-order valence-corrected chi connectivity index (χ2v) is 7.77. The first-order valence-electron chi connectivity index (χ1n) is 10.4. The number of nitrogens with one attached hydrogen (secondary N) is 4. The zero-order valence-corrected chi connectivity index (χ0v) is 17.9. The van der Waals surface area contributed by atoms with Gasteiger partial charge < -0.3 is 36.7 Å². The van der Waals surface area contributed by atoms with Crippen LogP contribution in [0, 0.1) is 5.92 Å². The number of H-pyrrole nitrogens is 1. The van der Waals surface area contributed by atoms with E-state index in [0.717, 1.165) is 0 Å². The van der Waals surface area contributed by atoms with Crippen molar-refractivity contribution < 1.29 is 29.4 Å². The second-order valence-electron chi connectivity index (χ2n) is 7.77. The van der Waals surface area contributed by atoms with Gasteiger partial charge in [-0.25, -0.2) is 4.79 Å². The number of aromatic nitrogens is 2. The average Bonchev–Trinajstić information content (AvgIpc) is 2.79. The highest BCUT2D eigenvalue weighted by atomic mass is 16.4. The Labute approximate surface area is 192 Å². The predicted molar refractivity (Wildman–Crippen MR) is 121 cm³/mol. The van der Waals surface area contributed by atoms with Crippen LogP contribution in [-0.4, -0.2) is 63.4 Å². The Bertz CT molecular complexity index is 1150. The molecule has 8 N–H and O–H groups in total. The fourth-order valence-corrected chi connectivity index (χ4v) is 3.67. The molecule has 1 aromatic heterocycles. The molecule has 180 valence electrons. The van der Waals surface area contributed by atoms with Crippen molar-refractivity contribution in [1.82, 2.24) is 15.3 Å². The number of carbonyl (C=O) groups is 4. The number of benzene rings is 1. The third-order valence-electron chi connectivity index (χ3n) is 5.46. The fraction of sp³-hybridized carbons (Fsp3) is 0.333. The van der Waals surface area contributed by atoms with Crippen LogP contribution in [0.2, 0.25) is 0 Å². The number of aromatic amines is 1. The van der Waals surface area contributed by atoms with Crippen molar-refractivity contribution in [1.29, 1.82) is 0 Å². The van der Waals surface area contributed by atoms with E-state index in [0.29, 0.717) is 25.1 Å². The minimum absolute atomic E-state index is 0.0434. The highest BCUT2D eigenvalue weighted by Gasteiger charge is 2.33. The monoisotopic (exact) mass is 472 g/mol. The minimum atomic E-state index is -1.32. The van der Waals surface area contributed by atoms with E-state index < -0.39 is 41.8 Å². The number of carbonyl (C=O) groups excluding carboxylic acids is 2. The lowest BCUT2D eigenvalue weighted by atomic mass is 9.85. The van der Waals surface area contributed by atoms with Gasteiger partial charge in [-0.15, -0.1) is 0 Å². The van der Waals surface area contributed by atoms with Crippen molar-refractivity contribution >= 4 is 41.6 Å². The number of hydrogen-bond donors (Lipinski definition) is 7. The number of aldehydes is 1. The van der Waals surface area contributed by atoms with Crippen molar-refractivity contribution in [2.75, 3.05) is 29.5 Å². The van der Waals surface area contributed by atoms with Gasteiger partial charge in [-0.05, 0) is 30.7 Å². The van der Waals surface area contributed by atoms with Crippen LogP contribution in [0.25, 0.3) is 0 Å². The average molecular weight is 472 g/mol. The van der Waals surface area contributed by atoms with Gasteiger partial charge in [0.2, 0.25) is 5.95 Å².